The van der Waals surface area contributed by atoms with E-state index in [1.165, 1.54) is 11.1 Å². The second-order valence-corrected chi connectivity index (χ2v) is 8.06. The van der Waals surface area contributed by atoms with Gasteiger partial charge in [0.05, 0.1) is 5.69 Å². The fourth-order valence-electron chi connectivity index (χ4n) is 4.23. The number of ether oxygens (including phenoxy) is 4. The zero-order valence-corrected chi connectivity index (χ0v) is 15.9. The average Bonchev–Trinajstić information content (AvgIpc) is 3.03. The predicted octanol–water partition coefficient (Wildman–Crippen LogP) is 3.64. The molecule has 0 unspecified atom stereocenters. The van der Waals surface area contributed by atoms with Crippen LogP contribution in [0.15, 0.2) is 48.5 Å². The largest absolute Gasteiger partial charge is 0.483 e. The minimum absolute atomic E-state index is 0.104. The highest BCUT2D eigenvalue weighted by molar-refractivity contribution is 5.61. The number of aryl methyl sites for hydroxylation is 1. The van der Waals surface area contributed by atoms with Crippen molar-refractivity contribution in [2.75, 3.05) is 11.4 Å². The van der Waals surface area contributed by atoms with Gasteiger partial charge in [0.15, 0.2) is 24.3 Å². The van der Waals surface area contributed by atoms with Crippen LogP contribution in [-0.4, -0.2) is 36.9 Å². The van der Waals surface area contributed by atoms with Gasteiger partial charge in [-0.2, -0.15) is 0 Å². The molecule has 4 atom stereocenters. The van der Waals surface area contributed by atoms with Gasteiger partial charge in [-0.15, -0.1) is 0 Å². The lowest BCUT2D eigenvalue weighted by molar-refractivity contribution is -0.211. The van der Waals surface area contributed by atoms with E-state index in [0.717, 1.165) is 24.5 Å². The van der Waals surface area contributed by atoms with Crippen LogP contribution in [0.25, 0.3) is 0 Å². The van der Waals surface area contributed by atoms with Gasteiger partial charge in [0.1, 0.15) is 11.9 Å². The Morgan fingerprint density at radius 3 is 2.67 bits per heavy atom. The zero-order chi connectivity index (χ0) is 18.6. The van der Waals surface area contributed by atoms with E-state index in [-0.39, 0.29) is 24.6 Å². The zero-order valence-electron chi connectivity index (χ0n) is 15.9. The lowest BCUT2D eigenvalue weighted by Crippen LogP contribution is -2.42. The molecule has 0 bridgehead atoms. The molecule has 142 valence electrons. The summed E-state index contributed by atoms with van der Waals surface area (Å²) in [7, 11) is 0. The van der Waals surface area contributed by atoms with Crippen molar-refractivity contribution in [3.8, 4) is 5.75 Å². The Balaban J connectivity index is 1.49. The number of rotatable bonds is 2. The molecule has 2 fully saturated rings. The van der Waals surface area contributed by atoms with Gasteiger partial charge >= 0.3 is 0 Å². The molecule has 5 nitrogen and oxygen atoms in total. The van der Waals surface area contributed by atoms with Gasteiger partial charge in [-0.05, 0) is 44.0 Å². The van der Waals surface area contributed by atoms with Crippen LogP contribution in [0.1, 0.15) is 25.0 Å². The first-order valence-corrected chi connectivity index (χ1v) is 9.56. The van der Waals surface area contributed by atoms with Crippen LogP contribution in [0.4, 0.5) is 5.69 Å². The molecule has 0 amide bonds. The van der Waals surface area contributed by atoms with Crippen molar-refractivity contribution in [3.63, 3.8) is 0 Å². The average molecular weight is 367 g/mol. The molecule has 0 aromatic heterocycles. The first-order valence-electron chi connectivity index (χ1n) is 9.56. The Labute approximate surface area is 159 Å². The van der Waals surface area contributed by atoms with Gasteiger partial charge in [-0.25, -0.2) is 0 Å². The van der Waals surface area contributed by atoms with Gasteiger partial charge in [-0.1, -0.05) is 36.4 Å². The number of hydrogen-bond donors (Lipinski definition) is 0. The Morgan fingerprint density at radius 1 is 1.04 bits per heavy atom. The molecule has 0 spiro atoms. The van der Waals surface area contributed by atoms with Crippen LogP contribution in [0.5, 0.6) is 5.75 Å². The molecular weight excluding hydrogens is 342 g/mol. The summed E-state index contributed by atoms with van der Waals surface area (Å²) < 4.78 is 24.7. The molecule has 0 aliphatic carbocycles. The summed E-state index contributed by atoms with van der Waals surface area (Å²) in [5.74, 6) is 0.233. The van der Waals surface area contributed by atoms with Crippen LogP contribution in [0, 0.1) is 6.92 Å². The molecule has 5 rings (SSSR count). The van der Waals surface area contributed by atoms with Gasteiger partial charge in [0.25, 0.3) is 0 Å². The highest BCUT2D eigenvalue weighted by Gasteiger charge is 2.57. The van der Waals surface area contributed by atoms with Gasteiger partial charge in [-0.3, -0.25) is 0 Å². The Kier molecular flexibility index (Phi) is 3.93. The second kappa shape index (κ2) is 6.23. The standard InChI is InChI=1S/C22H25NO4/c1-14-9-10-17-16(11-14)23(12-15-7-5-4-6-8-15)13-18-19(24-17)20-21(25-18)27-22(2,3)26-20/h4-11,18-21H,12-13H2,1-3H3/t18-,19+,20-,21-/m1/s1. The molecule has 3 aliphatic rings. The highest BCUT2D eigenvalue weighted by atomic mass is 16.8. The first-order chi connectivity index (χ1) is 13.0. The lowest BCUT2D eigenvalue weighted by atomic mass is 10.1. The van der Waals surface area contributed by atoms with Crippen molar-refractivity contribution in [1.82, 2.24) is 0 Å². The molecule has 27 heavy (non-hydrogen) atoms. The Morgan fingerprint density at radius 2 is 1.85 bits per heavy atom. The third-order valence-electron chi connectivity index (χ3n) is 5.42. The van der Waals surface area contributed by atoms with Crippen molar-refractivity contribution in [3.05, 3.63) is 59.7 Å². The molecule has 2 aromatic rings. The summed E-state index contributed by atoms with van der Waals surface area (Å²) in [6.45, 7) is 7.47. The maximum absolute atomic E-state index is 6.44. The number of fused-ring (bicyclic) bond motifs is 4. The molecule has 3 aliphatic heterocycles. The molecule has 0 saturated carbocycles. The SMILES string of the molecule is Cc1ccc2c(c1)N(Cc1ccccc1)C[C@H]1O[C@@H]3OC(C)(C)O[C@@H]3[C@H]1O2. The smallest absolute Gasteiger partial charge is 0.191 e. The van der Waals surface area contributed by atoms with Crippen LogP contribution in [0.2, 0.25) is 0 Å². The van der Waals surface area contributed by atoms with E-state index < -0.39 is 5.79 Å². The molecule has 5 heteroatoms. The van der Waals surface area contributed by atoms with Gasteiger partial charge in [0.2, 0.25) is 0 Å². The van der Waals surface area contributed by atoms with E-state index in [2.05, 4.69) is 54.3 Å². The summed E-state index contributed by atoms with van der Waals surface area (Å²) in [6.07, 6.45) is -0.872. The Bertz CT molecular complexity index is 837. The molecule has 0 radical (unpaired) electrons. The van der Waals surface area contributed by atoms with Crippen molar-refractivity contribution >= 4 is 5.69 Å². The minimum Gasteiger partial charge on any atom is -0.483 e. The van der Waals surface area contributed by atoms with E-state index >= 15 is 0 Å². The summed E-state index contributed by atoms with van der Waals surface area (Å²) in [6, 6.07) is 16.8. The topological polar surface area (TPSA) is 40.2 Å². The summed E-state index contributed by atoms with van der Waals surface area (Å²) in [4.78, 5) is 2.34. The minimum atomic E-state index is -0.643. The molecule has 0 N–H and O–H groups in total. The van der Waals surface area contributed by atoms with E-state index in [1.54, 1.807) is 0 Å². The maximum atomic E-state index is 6.44. The second-order valence-electron chi connectivity index (χ2n) is 8.06. The van der Waals surface area contributed by atoms with Crippen LogP contribution in [0.3, 0.4) is 0 Å². The maximum Gasteiger partial charge on any atom is 0.191 e. The monoisotopic (exact) mass is 367 g/mol. The van der Waals surface area contributed by atoms with Crippen molar-refractivity contribution in [2.45, 2.75) is 57.7 Å². The fourth-order valence-corrected chi connectivity index (χ4v) is 4.23. The Hall–Kier alpha value is -2.08. The summed E-state index contributed by atoms with van der Waals surface area (Å²) in [5.41, 5.74) is 3.57. The molecular formula is C22H25NO4. The van der Waals surface area contributed by atoms with Crippen LogP contribution >= 0.6 is 0 Å². The number of hydrogen-bond acceptors (Lipinski definition) is 5. The molecule has 3 heterocycles. The predicted molar refractivity (Wildman–Crippen MR) is 102 cm³/mol. The third kappa shape index (κ3) is 3.10. The number of benzene rings is 2. The van der Waals surface area contributed by atoms with Crippen molar-refractivity contribution in [1.29, 1.82) is 0 Å². The van der Waals surface area contributed by atoms with Crippen molar-refractivity contribution in [2.24, 2.45) is 0 Å². The van der Waals surface area contributed by atoms with E-state index in [1.807, 2.05) is 19.9 Å². The summed E-state index contributed by atoms with van der Waals surface area (Å²) in [5, 5.41) is 0. The number of nitrogens with zero attached hydrogens (tertiary/aromatic N) is 1. The molecule has 2 aromatic carbocycles. The number of anilines is 1. The van der Waals surface area contributed by atoms with Crippen LogP contribution < -0.4 is 9.64 Å². The van der Waals surface area contributed by atoms with E-state index in [0.29, 0.717) is 0 Å². The van der Waals surface area contributed by atoms with Crippen molar-refractivity contribution < 1.29 is 18.9 Å². The quantitative estimate of drug-likeness (QED) is 0.810. The third-order valence-corrected chi connectivity index (χ3v) is 5.42. The first kappa shape index (κ1) is 17.0. The van der Waals surface area contributed by atoms with Gasteiger partial charge < -0.3 is 23.8 Å². The van der Waals surface area contributed by atoms with E-state index in [4.69, 9.17) is 18.9 Å². The lowest BCUT2D eigenvalue weighted by Gasteiger charge is -2.27. The van der Waals surface area contributed by atoms with Crippen LogP contribution in [-0.2, 0) is 20.8 Å². The fraction of sp³-hybridized carbons (Fsp3) is 0.455. The molecule has 2 saturated heterocycles. The van der Waals surface area contributed by atoms with E-state index in [9.17, 15) is 0 Å². The summed E-state index contributed by atoms with van der Waals surface area (Å²) >= 11 is 0. The van der Waals surface area contributed by atoms with Gasteiger partial charge in [0, 0.05) is 13.1 Å². The highest BCUT2D eigenvalue weighted by Crippen LogP contribution is 2.43. The normalized spacial score (nSPS) is 30.9.